The van der Waals surface area contributed by atoms with Gasteiger partial charge in [0.25, 0.3) is 5.91 Å². The quantitative estimate of drug-likeness (QED) is 0.850. The monoisotopic (exact) mass is 260 g/mol. The number of β-amino-alcohol motifs (C(OH)–C–C–N with tert-alkyl or cyclic N) is 1. The first kappa shape index (κ1) is 12.5. The van der Waals surface area contributed by atoms with Gasteiger partial charge >= 0.3 is 0 Å². The molecular weight excluding hydrogens is 240 g/mol. The number of hydrogen-bond acceptors (Lipinski definition) is 3. The summed E-state index contributed by atoms with van der Waals surface area (Å²) in [5.41, 5.74) is 2.45. The van der Waals surface area contributed by atoms with Crippen molar-refractivity contribution < 1.29 is 9.90 Å². The highest BCUT2D eigenvalue weighted by Crippen LogP contribution is 2.28. The second kappa shape index (κ2) is 4.53. The molecule has 3 rings (SSSR count). The van der Waals surface area contributed by atoms with E-state index in [-0.39, 0.29) is 5.91 Å². The highest BCUT2D eigenvalue weighted by Gasteiger charge is 2.42. The topological polar surface area (TPSA) is 52.6 Å². The van der Waals surface area contributed by atoms with Crippen LogP contribution in [0, 0.1) is 0 Å². The predicted octanol–water partition coefficient (Wildman–Crippen LogP) is 1.64. The van der Waals surface area contributed by atoms with Gasteiger partial charge in [0.05, 0.1) is 18.7 Å². The third-order valence-corrected chi connectivity index (χ3v) is 4.21. The Labute approximate surface area is 113 Å². The molecule has 0 bridgehead atoms. The normalized spacial score (nSPS) is 20.2. The van der Waals surface area contributed by atoms with E-state index in [9.17, 15) is 9.90 Å². The molecule has 1 amide bonds. The average molecular weight is 260 g/mol. The zero-order valence-corrected chi connectivity index (χ0v) is 11.3. The van der Waals surface area contributed by atoms with E-state index in [4.69, 9.17) is 0 Å². The summed E-state index contributed by atoms with van der Waals surface area (Å²) in [5.74, 6) is 0.0338. The Morgan fingerprint density at radius 3 is 3.00 bits per heavy atom. The minimum absolute atomic E-state index is 0.0338. The van der Waals surface area contributed by atoms with E-state index in [0.717, 1.165) is 30.6 Å². The summed E-state index contributed by atoms with van der Waals surface area (Å²) >= 11 is 0. The summed E-state index contributed by atoms with van der Waals surface area (Å²) in [7, 11) is 0. The van der Waals surface area contributed by atoms with Gasteiger partial charge in [-0.05, 0) is 43.0 Å². The Bertz CT molecular complexity index is 507. The molecule has 2 N–H and O–H groups in total. The van der Waals surface area contributed by atoms with Crippen molar-refractivity contribution in [3.63, 3.8) is 0 Å². The van der Waals surface area contributed by atoms with Crippen molar-refractivity contribution in [3.05, 3.63) is 29.3 Å². The minimum atomic E-state index is -0.661. The zero-order chi connectivity index (χ0) is 13.5. The molecule has 1 aromatic carbocycles. The van der Waals surface area contributed by atoms with Gasteiger partial charge in [-0.15, -0.1) is 0 Å². The molecular formula is C15H20N2O2. The van der Waals surface area contributed by atoms with Crippen LogP contribution in [0.1, 0.15) is 35.7 Å². The van der Waals surface area contributed by atoms with Crippen molar-refractivity contribution in [3.8, 4) is 0 Å². The first-order valence-electron chi connectivity index (χ1n) is 7.00. The first-order chi connectivity index (χ1) is 9.11. The lowest BCUT2D eigenvalue weighted by molar-refractivity contribution is -0.0826. The average Bonchev–Trinajstić information content (AvgIpc) is 2.42. The number of fused-ring (bicyclic) bond motifs is 1. The Morgan fingerprint density at radius 1 is 1.47 bits per heavy atom. The summed E-state index contributed by atoms with van der Waals surface area (Å²) in [6, 6.07) is 5.86. The number of aliphatic hydroxyl groups is 1. The van der Waals surface area contributed by atoms with Gasteiger partial charge in [-0.2, -0.15) is 0 Å². The molecule has 2 aliphatic rings. The molecule has 2 heterocycles. The third kappa shape index (κ3) is 2.21. The molecule has 0 aliphatic carbocycles. The predicted molar refractivity (Wildman–Crippen MR) is 74.4 cm³/mol. The lowest BCUT2D eigenvalue weighted by atomic mass is 9.90. The summed E-state index contributed by atoms with van der Waals surface area (Å²) in [4.78, 5) is 14.0. The number of likely N-dealkylation sites (tertiary alicyclic amines) is 1. The van der Waals surface area contributed by atoms with E-state index in [0.29, 0.717) is 19.5 Å². The van der Waals surface area contributed by atoms with E-state index in [1.165, 1.54) is 5.56 Å². The zero-order valence-electron chi connectivity index (χ0n) is 11.3. The third-order valence-electron chi connectivity index (χ3n) is 4.21. The molecule has 102 valence electrons. The highest BCUT2D eigenvalue weighted by atomic mass is 16.3. The molecule has 0 radical (unpaired) electrons. The van der Waals surface area contributed by atoms with Crippen molar-refractivity contribution in [2.75, 3.05) is 25.0 Å². The minimum Gasteiger partial charge on any atom is -0.386 e. The van der Waals surface area contributed by atoms with Crippen LogP contribution in [-0.2, 0) is 6.42 Å². The van der Waals surface area contributed by atoms with E-state index >= 15 is 0 Å². The summed E-state index contributed by atoms with van der Waals surface area (Å²) in [6.07, 6.45) is 2.84. The maximum atomic E-state index is 12.3. The number of carbonyl (C=O) groups is 1. The van der Waals surface area contributed by atoms with Crippen LogP contribution < -0.4 is 5.32 Å². The Balaban J connectivity index is 1.74. The number of nitrogens with one attached hydrogen (secondary N) is 1. The van der Waals surface area contributed by atoms with Crippen LogP contribution in [0.25, 0.3) is 0 Å². The van der Waals surface area contributed by atoms with Crippen LogP contribution in [0.3, 0.4) is 0 Å². The molecule has 0 aromatic heterocycles. The number of hydrogen-bond donors (Lipinski definition) is 2. The van der Waals surface area contributed by atoms with Crippen molar-refractivity contribution >= 4 is 11.6 Å². The smallest absolute Gasteiger partial charge is 0.254 e. The van der Waals surface area contributed by atoms with Gasteiger partial charge < -0.3 is 15.3 Å². The van der Waals surface area contributed by atoms with Crippen LogP contribution in [0.2, 0.25) is 0 Å². The summed E-state index contributed by atoms with van der Waals surface area (Å²) in [5, 5.41) is 13.3. The molecule has 0 spiro atoms. The standard InChI is InChI=1S/C15H20N2O2/c1-2-15(19)9-17(10-15)14(18)12-5-6-13-11(8-12)4-3-7-16-13/h5-6,8,16,19H,2-4,7,9-10H2,1H3. The van der Waals surface area contributed by atoms with E-state index in [1.54, 1.807) is 4.90 Å². The van der Waals surface area contributed by atoms with Gasteiger partial charge in [0.2, 0.25) is 0 Å². The van der Waals surface area contributed by atoms with Crippen LogP contribution in [-0.4, -0.2) is 41.1 Å². The van der Waals surface area contributed by atoms with Gasteiger partial charge in [0.15, 0.2) is 0 Å². The second-order valence-electron chi connectivity index (χ2n) is 5.64. The van der Waals surface area contributed by atoms with E-state index in [2.05, 4.69) is 5.32 Å². The fraction of sp³-hybridized carbons (Fsp3) is 0.533. The van der Waals surface area contributed by atoms with Gasteiger partial charge in [-0.1, -0.05) is 6.92 Å². The number of rotatable bonds is 2. The molecule has 19 heavy (non-hydrogen) atoms. The summed E-state index contributed by atoms with van der Waals surface area (Å²) in [6.45, 7) is 3.87. The Morgan fingerprint density at radius 2 is 2.26 bits per heavy atom. The van der Waals surface area contributed by atoms with Crippen LogP contribution >= 0.6 is 0 Å². The molecule has 4 heteroatoms. The Kier molecular flexibility index (Phi) is 2.97. The van der Waals surface area contributed by atoms with Crippen LogP contribution in [0.4, 0.5) is 5.69 Å². The lowest BCUT2D eigenvalue weighted by Gasteiger charge is -2.46. The maximum absolute atomic E-state index is 12.3. The fourth-order valence-corrected chi connectivity index (χ4v) is 2.82. The lowest BCUT2D eigenvalue weighted by Crippen LogP contribution is -2.63. The van der Waals surface area contributed by atoms with Gasteiger partial charge in [-0.25, -0.2) is 0 Å². The van der Waals surface area contributed by atoms with E-state index in [1.807, 2.05) is 25.1 Å². The maximum Gasteiger partial charge on any atom is 0.254 e. The number of anilines is 1. The van der Waals surface area contributed by atoms with Crippen LogP contribution in [0.5, 0.6) is 0 Å². The van der Waals surface area contributed by atoms with Gasteiger partial charge in [0.1, 0.15) is 0 Å². The van der Waals surface area contributed by atoms with Crippen LogP contribution in [0.15, 0.2) is 18.2 Å². The Hall–Kier alpha value is -1.55. The molecule has 4 nitrogen and oxygen atoms in total. The molecule has 1 aromatic rings. The SMILES string of the molecule is CCC1(O)CN(C(=O)c2ccc3c(c2)CCCN3)C1. The highest BCUT2D eigenvalue weighted by molar-refractivity contribution is 5.95. The number of nitrogens with zero attached hydrogens (tertiary/aromatic N) is 1. The molecule has 1 saturated heterocycles. The molecule has 2 aliphatic heterocycles. The first-order valence-corrected chi connectivity index (χ1v) is 7.00. The fourth-order valence-electron chi connectivity index (χ4n) is 2.82. The number of amides is 1. The molecule has 0 saturated carbocycles. The molecule has 1 fully saturated rings. The molecule has 0 unspecified atom stereocenters. The molecule has 0 atom stereocenters. The van der Waals surface area contributed by atoms with Gasteiger partial charge in [0, 0.05) is 17.8 Å². The van der Waals surface area contributed by atoms with Crippen molar-refractivity contribution in [2.45, 2.75) is 31.8 Å². The number of benzene rings is 1. The van der Waals surface area contributed by atoms with Crippen molar-refractivity contribution in [1.82, 2.24) is 4.90 Å². The van der Waals surface area contributed by atoms with Crippen molar-refractivity contribution in [2.24, 2.45) is 0 Å². The van der Waals surface area contributed by atoms with Crippen molar-refractivity contribution in [1.29, 1.82) is 0 Å². The second-order valence-corrected chi connectivity index (χ2v) is 5.64. The summed E-state index contributed by atoms with van der Waals surface area (Å²) < 4.78 is 0. The number of aryl methyl sites for hydroxylation is 1. The van der Waals surface area contributed by atoms with Gasteiger partial charge in [-0.3, -0.25) is 4.79 Å². The largest absolute Gasteiger partial charge is 0.386 e. The number of carbonyl (C=O) groups excluding carboxylic acids is 1. The van der Waals surface area contributed by atoms with E-state index < -0.39 is 5.60 Å².